The van der Waals surface area contributed by atoms with Gasteiger partial charge < -0.3 is 10.3 Å². The van der Waals surface area contributed by atoms with Crippen LogP contribution in [0.1, 0.15) is 11.1 Å². The van der Waals surface area contributed by atoms with E-state index in [4.69, 9.17) is 21.9 Å². The molecule has 0 atom stereocenters. The van der Waals surface area contributed by atoms with Gasteiger partial charge in [-0.15, -0.1) is 0 Å². The van der Waals surface area contributed by atoms with E-state index in [1.54, 1.807) is 30.3 Å². The van der Waals surface area contributed by atoms with Crippen LogP contribution in [0.2, 0.25) is 5.02 Å². The summed E-state index contributed by atoms with van der Waals surface area (Å²) in [4.78, 5) is 19.7. The number of aliphatic carboxylic acids is 1. The van der Waals surface area contributed by atoms with Crippen molar-refractivity contribution in [2.24, 2.45) is 15.1 Å². The summed E-state index contributed by atoms with van der Waals surface area (Å²) in [6.07, 6.45) is 0. The summed E-state index contributed by atoms with van der Waals surface area (Å²) >= 11 is 6.00. The molecule has 0 fully saturated rings. The van der Waals surface area contributed by atoms with E-state index in [1.165, 1.54) is 12.1 Å². The number of nitrogens with zero attached hydrogens (tertiary/aromatic N) is 3. The first kappa shape index (κ1) is 16.8. The highest BCUT2D eigenvalue weighted by Crippen LogP contribution is 2.29. The lowest BCUT2D eigenvalue weighted by Crippen LogP contribution is -2.26. The van der Waals surface area contributed by atoms with Crippen LogP contribution in [0.15, 0.2) is 57.6 Å². The zero-order chi connectivity index (χ0) is 18.0. The van der Waals surface area contributed by atoms with Gasteiger partial charge in [0.1, 0.15) is 5.82 Å². The number of carbonyl (C=O) groups is 1. The molecule has 0 amide bonds. The summed E-state index contributed by atoms with van der Waals surface area (Å²) in [5, 5.41) is 21.2. The van der Waals surface area contributed by atoms with Crippen molar-refractivity contribution in [2.45, 2.75) is 0 Å². The van der Waals surface area contributed by atoms with Gasteiger partial charge in [-0.05, 0) is 30.3 Å². The molecule has 8 heteroatoms. The minimum absolute atomic E-state index is 0.0649. The van der Waals surface area contributed by atoms with E-state index >= 15 is 0 Å². The average molecular weight is 360 g/mol. The molecule has 1 heterocycles. The molecule has 1 aliphatic rings. The molecule has 2 aromatic carbocycles. The molecule has 3 rings (SSSR count). The Morgan fingerprint density at radius 2 is 1.96 bits per heavy atom. The number of aliphatic imine (C=N–C) groups is 2. The summed E-state index contributed by atoms with van der Waals surface area (Å²) in [5.74, 6) is -1.92. The second-order valence-corrected chi connectivity index (χ2v) is 5.55. The summed E-state index contributed by atoms with van der Waals surface area (Å²) in [6, 6.07) is 10.8. The normalized spacial score (nSPS) is 14.2. The van der Waals surface area contributed by atoms with Gasteiger partial charge in [-0.25, -0.2) is 14.2 Å². The standard InChI is InChI=1S/C17H11ClFN3O3/c18-9-5-6-11-13(7-9)21-14(16(22-25)17(23)24)8-20-15(11)10-3-1-2-4-12(10)19/h1-7,25H,8H2,(H,23,24)/b22-16-. The summed E-state index contributed by atoms with van der Waals surface area (Å²) in [5.41, 5.74) is 0.664. The molecule has 0 aliphatic carbocycles. The molecule has 0 saturated heterocycles. The fourth-order valence-corrected chi connectivity index (χ4v) is 2.62. The molecular weight excluding hydrogens is 349 g/mol. The minimum atomic E-state index is -1.45. The van der Waals surface area contributed by atoms with Crippen molar-refractivity contribution < 1.29 is 19.5 Å². The Kier molecular flexibility index (Phi) is 4.58. The van der Waals surface area contributed by atoms with Crippen molar-refractivity contribution in [1.29, 1.82) is 0 Å². The Balaban J connectivity index is 2.22. The Morgan fingerprint density at radius 3 is 2.64 bits per heavy atom. The smallest absolute Gasteiger partial charge is 0.359 e. The monoisotopic (exact) mass is 359 g/mol. The minimum Gasteiger partial charge on any atom is -0.476 e. The molecule has 1 aliphatic heterocycles. The van der Waals surface area contributed by atoms with Crippen molar-refractivity contribution >= 4 is 40.4 Å². The molecule has 0 spiro atoms. The van der Waals surface area contributed by atoms with Crippen molar-refractivity contribution in [1.82, 2.24) is 0 Å². The van der Waals surface area contributed by atoms with Crippen LogP contribution in [0.3, 0.4) is 0 Å². The van der Waals surface area contributed by atoms with Gasteiger partial charge in [0.25, 0.3) is 0 Å². The van der Waals surface area contributed by atoms with Crippen LogP contribution in [0.4, 0.5) is 10.1 Å². The van der Waals surface area contributed by atoms with Crippen LogP contribution in [0.5, 0.6) is 0 Å². The topological polar surface area (TPSA) is 94.6 Å². The Hall–Kier alpha value is -3.06. The number of oxime groups is 1. The lowest BCUT2D eigenvalue weighted by atomic mass is 10.0. The largest absolute Gasteiger partial charge is 0.476 e. The van der Waals surface area contributed by atoms with Crippen LogP contribution >= 0.6 is 11.6 Å². The Bertz CT molecular complexity index is 954. The number of rotatable bonds is 3. The summed E-state index contributed by atoms with van der Waals surface area (Å²) in [6.45, 7) is -0.193. The number of hydrogen-bond donors (Lipinski definition) is 2. The first-order chi connectivity index (χ1) is 12.0. The Morgan fingerprint density at radius 1 is 1.20 bits per heavy atom. The predicted octanol–water partition coefficient (Wildman–Crippen LogP) is 3.32. The van der Waals surface area contributed by atoms with E-state index in [1.807, 2.05) is 0 Å². The van der Waals surface area contributed by atoms with Crippen molar-refractivity contribution in [3.63, 3.8) is 0 Å². The second-order valence-electron chi connectivity index (χ2n) is 5.12. The third kappa shape index (κ3) is 3.27. The molecule has 25 heavy (non-hydrogen) atoms. The quantitative estimate of drug-likeness (QED) is 0.500. The highest BCUT2D eigenvalue weighted by molar-refractivity contribution is 6.66. The predicted molar refractivity (Wildman–Crippen MR) is 92.3 cm³/mol. The maximum absolute atomic E-state index is 14.2. The SMILES string of the molecule is O=C(O)/C(=N\O)C1=Nc2cc(Cl)ccc2C(c2ccccc2F)=NC1. The van der Waals surface area contributed by atoms with Crippen LogP contribution < -0.4 is 0 Å². The van der Waals surface area contributed by atoms with E-state index in [0.717, 1.165) is 0 Å². The van der Waals surface area contributed by atoms with E-state index in [-0.39, 0.29) is 17.8 Å². The van der Waals surface area contributed by atoms with Gasteiger partial charge in [0, 0.05) is 16.1 Å². The number of halogens is 2. The molecular formula is C17H11ClFN3O3. The number of hydrogen-bond acceptors (Lipinski definition) is 5. The van der Waals surface area contributed by atoms with E-state index in [2.05, 4.69) is 15.1 Å². The van der Waals surface area contributed by atoms with Gasteiger partial charge in [0.15, 0.2) is 0 Å². The van der Waals surface area contributed by atoms with E-state index in [9.17, 15) is 9.18 Å². The van der Waals surface area contributed by atoms with Gasteiger partial charge in [-0.1, -0.05) is 28.9 Å². The first-order valence-corrected chi connectivity index (χ1v) is 7.51. The van der Waals surface area contributed by atoms with E-state index in [0.29, 0.717) is 22.0 Å². The highest BCUT2D eigenvalue weighted by Gasteiger charge is 2.24. The third-order valence-electron chi connectivity index (χ3n) is 3.56. The molecule has 0 bridgehead atoms. The number of benzene rings is 2. The van der Waals surface area contributed by atoms with Gasteiger partial charge in [-0.3, -0.25) is 4.99 Å². The summed E-state index contributed by atoms with van der Waals surface area (Å²) in [7, 11) is 0. The molecule has 0 aromatic heterocycles. The fraction of sp³-hybridized carbons (Fsp3) is 0.0588. The molecule has 2 N–H and O–H groups in total. The van der Waals surface area contributed by atoms with Gasteiger partial charge in [0.2, 0.25) is 5.71 Å². The highest BCUT2D eigenvalue weighted by atomic mass is 35.5. The summed E-state index contributed by atoms with van der Waals surface area (Å²) < 4.78 is 14.2. The van der Waals surface area contributed by atoms with Crippen molar-refractivity contribution in [3.05, 3.63) is 64.4 Å². The lowest BCUT2D eigenvalue weighted by molar-refractivity contribution is -0.129. The maximum atomic E-state index is 14.2. The van der Waals surface area contributed by atoms with Gasteiger partial charge in [0.05, 0.1) is 23.7 Å². The van der Waals surface area contributed by atoms with Gasteiger partial charge >= 0.3 is 5.97 Å². The number of carboxylic acids is 1. The van der Waals surface area contributed by atoms with Crippen LogP contribution in [0.25, 0.3) is 0 Å². The average Bonchev–Trinajstić information content (AvgIpc) is 2.75. The first-order valence-electron chi connectivity index (χ1n) is 7.14. The van der Waals surface area contributed by atoms with Crippen molar-refractivity contribution in [3.8, 4) is 0 Å². The zero-order valence-corrected chi connectivity index (χ0v) is 13.4. The van der Waals surface area contributed by atoms with Crippen LogP contribution in [-0.4, -0.2) is 40.0 Å². The number of fused-ring (bicyclic) bond motifs is 1. The molecule has 0 saturated carbocycles. The molecule has 6 nitrogen and oxygen atoms in total. The van der Waals surface area contributed by atoms with Crippen molar-refractivity contribution in [2.75, 3.05) is 6.54 Å². The Labute approximate surface area is 146 Å². The third-order valence-corrected chi connectivity index (χ3v) is 3.80. The second kappa shape index (κ2) is 6.82. The lowest BCUT2D eigenvalue weighted by Gasteiger charge is -2.09. The van der Waals surface area contributed by atoms with Crippen LogP contribution in [-0.2, 0) is 4.79 Å². The van der Waals surface area contributed by atoms with E-state index < -0.39 is 17.5 Å². The molecule has 0 unspecified atom stereocenters. The molecule has 0 radical (unpaired) electrons. The molecule has 126 valence electrons. The van der Waals surface area contributed by atoms with Gasteiger partial charge in [-0.2, -0.15) is 0 Å². The maximum Gasteiger partial charge on any atom is 0.359 e. The number of carboxylic acid groups (broad SMARTS) is 1. The zero-order valence-electron chi connectivity index (χ0n) is 12.6. The van der Waals surface area contributed by atoms with Crippen LogP contribution in [0, 0.1) is 5.82 Å². The fourth-order valence-electron chi connectivity index (χ4n) is 2.45. The molecule has 2 aromatic rings.